The van der Waals surface area contributed by atoms with E-state index in [-0.39, 0.29) is 5.91 Å². The minimum absolute atomic E-state index is 0.263. The Morgan fingerprint density at radius 3 is 3.00 bits per heavy atom. The molecule has 4 aliphatic heterocycles. The van der Waals surface area contributed by atoms with E-state index in [1.54, 1.807) is 11.3 Å². The van der Waals surface area contributed by atoms with Gasteiger partial charge in [-0.1, -0.05) is 18.2 Å². The molecule has 0 unspecified atom stereocenters. The van der Waals surface area contributed by atoms with Crippen molar-refractivity contribution in [1.29, 1.82) is 0 Å². The number of fused-ring (bicyclic) bond motifs is 5. The molecular formula is C21H26N4OS. The number of carbonyl (C=O) groups excluding carboxylic acids is 1. The van der Waals surface area contributed by atoms with Gasteiger partial charge in [-0.3, -0.25) is 14.6 Å². The summed E-state index contributed by atoms with van der Waals surface area (Å²) < 4.78 is 0. The van der Waals surface area contributed by atoms with E-state index in [1.165, 1.54) is 24.1 Å². The zero-order valence-corrected chi connectivity index (χ0v) is 16.4. The summed E-state index contributed by atoms with van der Waals surface area (Å²) in [6.07, 6.45) is 3.48. The standard InChI is InChI=1S/C21H26N4OS/c26-21(25-8-7-17-3-1-2-4-20(17)25)13-24-10-16-5-6-19(24)12-23(9-16)11-18-14-27-15-22-18/h1-4,14-16,19H,5-13H2/t16-,19+/m0/s1. The zero-order valence-electron chi connectivity index (χ0n) is 15.6. The summed E-state index contributed by atoms with van der Waals surface area (Å²) in [5.41, 5.74) is 5.52. The molecule has 27 heavy (non-hydrogen) atoms. The maximum absolute atomic E-state index is 13.1. The van der Waals surface area contributed by atoms with Gasteiger partial charge in [0.15, 0.2) is 0 Å². The number of para-hydroxylation sites is 1. The Morgan fingerprint density at radius 2 is 2.11 bits per heavy atom. The Balaban J connectivity index is 1.26. The maximum atomic E-state index is 13.1. The number of hydrogen-bond donors (Lipinski definition) is 0. The lowest BCUT2D eigenvalue weighted by Crippen LogP contribution is -2.49. The van der Waals surface area contributed by atoms with Crippen molar-refractivity contribution in [1.82, 2.24) is 14.8 Å². The second-order valence-electron chi connectivity index (χ2n) is 8.12. The van der Waals surface area contributed by atoms with E-state index in [9.17, 15) is 4.79 Å². The highest BCUT2D eigenvalue weighted by atomic mass is 32.1. The van der Waals surface area contributed by atoms with E-state index >= 15 is 0 Å². The van der Waals surface area contributed by atoms with Gasteiger partial charge in [-0.15, -0.1) is 11.3 Å². The van der Waals surface area contributed by atoms with E-state index in [0.717, 1.165) is 44.8 Å². The number of benzene rings is 1. The number of anilines is 1. The summed E-state index contributed by atoms with van der Waals surface area (Å²) >= 11 is 1.67. The lowest BCUT2D eigenvalue weighted by molar-refractivity contribution is -0.120. The topological polar surface area (TPSA) is 39.7 Å². The Labute approximate surface area is 164 Å². The van der Waals surface area contributed by atoms with Crippen LogP contribution in [0.25, 0.3) is 0 Å². The van der Waals surface area contributed by atoms with Gasteiger partial charge in [0.25, 0.3) is 0 Å². The number of nitrogens with zero attached hydrogens (tertiary/aromatic N) is 4. The molecule has 0 saturated carbocycles. The van der Waals surface area contributed by atoms with Crippen LogP contribution in [0.4, 0.5) is 5.69 Å². The van der Waals surface area contributed by atoms with Crippen LogP contribution in [0.2, 0.25) is 0 Å². The molecule has 2 atom stereocenters. The normalized spacial score (nSPS) is 25.6. The van der Waals surface area contributed by atoms with Crippen LogP contribution in [0.3, 0.4) is 0 Å². The molecule has 3 fully saturated rings. The summed E-state index contributed by atoms with van der Waals surface area (Å²) in [4.78, 5) is 24.5. The molecule has 3 saturated heterocycles. The van der Waals surface area contributed by atoms with E-state index < -0.39 is 0 Å². The molecule has 6 heteroatoms. The monoisotopic (exact) mass is 382 g/mol. The molecule has 0 aliphatic carbocycles. The van der Waals surface area contributed by atoms with Gasteiger partial charge in [0.1, 0.15) is 0 Å². The van der Waals surface area contributed by atoms with Gasteiger partial charge in [0.05, 0.1) is 17.7 Å². The highest BCUT2D eigenvalue weighted by Crippen LogP contribution is 2.31. The molecular weight excluding hydrogens is 356 g/mol. The zero-order chi connectivity index (χ0) is 18.2. The van der Waals surface area contributed by atoms with Crippen LogP contribution in [0, 0.1) is 5.92 Å². The van der Waals surface area contributed by atoms with E-state index in [0.29, 0.717) is 18.5 Å². The molecule has 1 aromatic heterocycles. The molecule has 6 rings (SSSR count). The number of hydrogen-bond acceptors (Lipinski definition) is 5. The van der Waals surface area contributed by atoms with Gasteiger partial charge in [-0.05, 0) is 36.8 Å². The summed E-state index contributed by atoms with van der Waals surface area (Å²) in [7, 11) is 0. The van der Waals surface area contributed by atoms with Crippen LogP contribution in [-0.2, 0) is 17.8 Å². The van der Waals surface area contributed by atoms with E-state index in [2.05, 4.69) is 38.4 Å². The number of carbonyl (C=O) groups is 1. The molecule has 5 heterocycles. The van der Waals surface area contributed by atoms with Gasteiger partial charge in [-0.2, -0.15) is 0 Å². The number of piperidine rings is 1. The third-order valence-corrected chi connectivity index (χ3v) is 6.93. The minimum atomic E-state index is 0.263. The van der Waals surface area contributed by atoms with E-state index in [4.69, 9.17) is 0 Å². The number of rotatable bonds is 4. The molecule has 0 N–H and O–H groups in total. The highest BCUT2D eigenvalue weighted by molar-refractivity contribution is 7.07. The van der Waals surface area contributed by atoms with Crippen LogP contribution in [0.15, 0.2) is 35.2 Å². The van der Waals surface area contributed by atoms with Gasteiger partial charge >= 0.3 is 0 Å². The lowest BCUT2D eigenvalue weighted by atomic mass is 9.95. The molecule has 142 valence electrons. The van der Waals surface area contributed by atoms with Gasteiger partial charge in [0, 0.05) is 49.8 Å². The average molecular weight is 383 g/mol. The fraction of sp³-hybridized carbons (Fsp3) is 0.524. The van der Waals surface area contributed by atoms with Crippen LogP contribution in [0.1, 0.15) is 24.1 Å². The first-order chi connectivity index (χ1) is 13.3. The van der Waals surface area contributed by atoms with Crippen LogP contribution >= 0.6 is 11.3 Å². The quantitative estimate of drug-likeness (QED) is 0.815. The van der Waals surface area contributed by atoms with Crippen molar-refractivity contribution in [2.75, 3.05) is 37.6 Å². The lowest BCUT2D eigenvalue weighted by Gasteiger charge is -2.36. The highest BCUT2D eigenvalue weighted by Gasteiger charge is 2.37. The summed E-state index contributed by atoms with van der Waals surface area (Å²) in [5, 5.41) is 2.15. The second-order valence-corrected chi connectivity index (χ2v) is 8.84. The predicted molar refractivity (Wildman–Crippen MR) is 108 cm³/mol. The minimum Gasteiger partial charge on any atom is -0.311 e. The van der Waals surface area contributed by atoms with Crippen molar-refractivity contribution in [3.05, 3.63) is 46.4 Å². The van der Waals surface area contributed by atoms with Gasteiger partial charge < -0.3 is 4.90 Å². The molecule has 2 aromatic rings. The van der Waals surface area contributed by atoms with E-state index in [1.807, 2.05) is 16.5 Å². The van der Waals surface area contributed by atoms with Crippen molar-refractivity contribution < 1.29 is 4.79 Å². The van der Waals surface area contributed by atoms with Crippen LogP contribution in [-0.4, -0.2) is 59.5 Å². The number of thiazole rings is 1. The second kappa shape index (κ2) is 7.34. The number of aromatic nitrogens is 1. The molecule has 1 aromatic carbocycles. The van der Waals surface area contributed by atoms with Crippen LogP contribution in [0.5, 0.6) is 0 Å². The molecule has 0 spiro atoms. The third kappa shape index (κ3) is 3.53. The van der Waals surface area contributed by atoms with Gasteiger partial charge in [-0.25, -0.2) is 4.98 Å². The summed E-state index contributed by atoms with van der Waals surface area (Å²) in [6.45, 7) is 5.57. The SMILES string of the molecule is O=C(CN1C[C@H]2CC[C@@H]1CN(Cc1cscn1)C2)N1CCc2ccccc21. The Bertz CT molecular complexity index is 808. The summed E-state index contributed by atoms with van der Waals surface area (Å²) in [6, 6.07) is 8.83. The van der Waals surface area contributed by atoms with Crippen LogP contribution < -0.4 is 4.90 Å². The van der Waals surface area contributed by atoms with Crippen molar-refractivity contribution in [2.45, 2.75) is 31.8 Å². The maximum Gasteiger partial charge on any atom is 0.241 e. The molecule has 0 radical (unpaired) electrons. The Morgan fingerprint density at radius 1 is 1.19 bits per heavy atom. The average Bonchev–Trinajstić information content (AvgIpc) is 3.25. The van der Waals surface area contributed by atoms with Crippen molar-refractivity contribution in [3.8, 4) is 0 Å². The predicted octanol–water partition coefficient (Wildman–Crippen LogP) is 2.63. The molecule has 1 amide bonds. The van der Waals surface area contributed by atoms with Gasteiger partial charge in [0.2, 0.25) is 5.91 Å². The number of amides is 1. The molecule has 4 aliphatic rings. The third-order valence-electron chi connectivity index (χ3n) is 6.30. The fourth-order valence-corrected chi connectivity index (χ4v) is 5.55. The Kier molecular flexibility index (Phi) is 4.71. The first-order valence-electron chi connectivity index (χ1n) is 9.98. The molecule has 2 bridgehead atoms. The van der Waals surface area contributed by atoms with Crippen molar-refractivity contribution in [3.63, 3.8) is 0 Å². The van der Waals surface area contributed by atoms with Crippen molar-refractivity contribution in [2.24, 2.45) is 5.92 Å². The first kappa shape index (κ1) is 17.3. The Hall–Kier alpha value is -1.76. The smallest absolute Gasteiger partial charge is 0.241 e. The largest absolute Gasteiger partial charge is 0.311 e. The fourth-order valence-electron chi connectivity index (χ4n) is 5.00. The molecule has 5 nitrogen and oxygen atoms in total. The summed E-state index contributed by atoms with van der Waals surface area (Å²) in [5.74, 6) is 0.930. The van der Waals surface area contributed by atoms with Crippen molar-refractivity contribution >= 4 is 22.9 Å². The first-order valence-corrected chi connectivity index (χ1v) is 10.9.